The van der Waals surface area contributed by atoms with Crippen LogP contribution in [0.1, 0.15) is 20.3 Å². The smallest absolute Gasteiger partial charge is 0.152 e. The molecule has 0 saturated carbocycles. The van der Waals surface area contributed by atoms with Gasteiger partial charge in [0, 0.05) is 62.4 Å². The lowest BCUT2D eigenvalue weighted by Gasteiger charge is -2.48. The van der Waals surface area contributed by atoms with Crippen LogP contribution < -0.4 is 16.0 Å². The highest BCUT2D eigenvalue weighted by Gasteiger charge is 2.45. The standard InChI is InChI=1S/C21H36N4O4S2/c1-21(2)13-17-14-24(9-12-31(28,29)11-7-22)16-20(21)25(15-17)19-5-3-18(4-6-19)23-8-10-30(26)27/h3-6,17,20,23H,7-16,22H2,1-2H3,(H,26,27)/p-1/t17-,20-/m1/s1. The molecule has 3 heterocycles. The second kappa shape index (κ2) is 10.2. The maximum Gasteiger partial charge on any atom is 0.152 e. The molecule has 3 atom stereocenters. The summed E-state index contributed by atoms with van der Waals surface area (Å²) in [6, 6.07) is 8.45. The van der Waals surface area contributed by atoms with Gasteiger partial charge in [-0.15, -0.1) is 0 Å². The number of sulfone groups is 1. The summed E-state index contributed by atoms with van der Waals surface area (Å²) in [6.07, 6.45) is 1.13. The predicted octanol–water partition coefficient (Wildman–Crippen LogP) is 0.888. The van der Waals surface area contributed by atoms with E-state index in [2.05, 4.69) is 41.1 Å². The maximum atomic E-state index is 12.1. The van der Waals surface area contributed by atoms with Crippen LogP contribution in [-0.2, 0) is 20.9 Å². The molecule has 3 aliphatic heterocycles. The second-order valence-corrected chi connectivity index (χ2v) is 12.7. The number of nitrogens with one attached hydrogen (secondary N) is 1. The molecule has 1 aromatic carbocycles. The fourth-order valence-corrected chi connectivity index (χ4v) is 6.36. The minimum Gasteiger partial charge on any atom is -0.772 e. The molecule has 10 heteroatoms. The third-order valence-electron chi connectivity index (χ3n) is 6.44. The fourth-order valence-electron chi connectivity index (χ4n) is 4.99. The first-order valence-corrected chi connectivity index (χ1v) is 14.0. The van der Waals surface area contributed by atoms with Gasteiger partial charge in [-0.05, 0) is 42.0 Å². The van der Waals surface area contributed by atoms with Gasteiger partial charge < -0.3 is 20.5 Å². The molecule has 3 aliphatic rings. The highest BCUT2D eigenvalue weighted by molar-refractivity contribution is 7.91. The van der Waals surface area contributed by atoms with Gasteiger partial charge in [-0.25, -0.2) is 8.42 Å². The SMILES string of the molecule is CC1(C)C[C@@H]2CN(CCS(=O)(=O)CCN)C[C@H]1N(c1ccc(NCCS(=O)[O-])cc1)C2. The van der Waals surface area contributed by atoms with Gasteiger partial charge in [-0.2, -0.15) is 0 Å². The molecule has 1 aromatic rings. The third-order valence-corrected chi connectivity index (χ3v) is 8.64. The maximum absolute atomic E-state index is 12.1. The Morgan fingerprint density at radius 3 is 2.55 bits per heavy atom. The summed E-state index contributed by atoms with van der Waals surface area (Å²) in [5.41, 5.74) is 7.62. The highest BCUT2D eigenvalue weighted by Crippen LogP contribution is 2.43. The molecular weight excluding hydrogens is 436 g/mol. The average molecular weight is 472 g/mol. The molecule has 1 unspecified atom stereocenters. The van der Waals surface area contributed by atoms with E-state index in [1.807, 2.05) is 12.1 Å². The van der Waals surface area contributed by atoms with Crippen molar-refractivity contribution in [1.29, 1.82) is 0 Å². The van der Waals surface area contributed by atoms with Gasteiger partial charge in [-0.3, -0.25) is 9.11 Å². The van der Waals surface area contributed by atoms with E-state index in [1.54, 1.807) is 0 Å². The van der Waals surface area contributed by atoms with Crippen LogP contribution in [0.2, 0.25) is 0 Å². The fraction of sp³-hybridized carbons (Fsp3) is 0.714. The van der Waals surface area contributed by atoms with E-state index in [0.29, 0.717) is 25.0 Å². The molecule has 0 radical (unpaired) electrons. The molecule has 0 aromatic heterocycles. The van der Waals surface area contributed by atoms with Crippen LogP contribution in [0.25, 0.3) is 0 Å². The lowest BCUT2D eigenvalue weighted by Crippen LogP contribution is -2.54. The molecule has 2 bridgehead atoms. The van der Waals surface area contributed by atoms with Crippen LogP contribution in [0.5, 0.6) is 0 Å². The van der Waals surface area contributed by atoms with E-state index in [0.717, 1.165) is 37.4 Å². The van der Waals surface area contributed by atoms with Crippen molar-refractivity contribution in [3.63, 3.8) is 0 Å². The topological polar surface area (TPSA) is 119 Å². The van der Waals surface area contributed by atoms with Crippen molar-refractivity contribution < 1.29 is 17.2 Å². The van der Waals surface area contributed by atoms with Crippen molar-refractivity contribution in [2.75, 3.05) is 66.7 Å². The Balaban J connectivity index is 1.69. The number of rotatable bonds is 10. The lowest BCUT2D eigenvalue weighted by atomic mass is 9.73. The van der Waals surface area contributed by atoms with Gasteiger partial charge in [-0.1, -0.05) is 24.9 Å². The number of benzene rings is 1. The molecular formula is C21H35N4O4S2-. The first-order valence-electron chi connectivity index (χ1n) is 10.9. The number of nitrogens with two attached hydrogens (primary N) is 1. The van der Waals surface area contributed by atoms with Crippen molar-refractivity contribution in [1.82, 2.24) is 4.90 Å². The highest BCUT2D eigenvalue weighted by atomic mass is 32.2. The second-order valence-electron chi connectivity index (χ2n) is 9.41. The summed E-state index contributed by atoms with van der Waals surface area (Å²) < 4.78 is 45.7. The van der Waals surface area contributed by atoms with Crippen LogP contribution in [-0.4, -0.2) is 84.6 Å². The van der Waals surface area contributed by atoms with Crippen molar-refractivity contribution in [3.05, 3.63) is 24.3 Å². The summed E-state index contributed by atoms with van der Waals surface area (Å²) >= 11 is -2.04. The zero-order chi connectivity index (χ0) is 22.6. The molecule has 3 N–H and O–H groups in total. The number of nitrogens with zero attached hydrogens (tertiary/aromatic N) is 2. The Labute approximate surface area is 188 Å². The van der Waals surface area contributed by atoms with Crippen molar-refractivity contribution in [2.24, 2.45) is 17.1 Å². The predicted molar refractivity (Wildman–Crippen MR) is 126 cm³/mol. The van der Waals surface area contributed by atoms with Gasteiger partial charge in [0.25, 0.3) is 0 Å². The monoisotopic (exact) mass is 471 g/mol. The van der Waals surface area contributed by atoms with E-state index in [9.17, 15) is 17.2 Å². The van der Waals surface area contributed by atoms with Crippen molar-refractivity contribution >= 4 is 32.3 Å². The summed E-state index contributed by atoms with van der Waals surface area (Å²) in [6.45, 7) is 8.46. The van der Waals surface area contributed by atoms with E-state index in [4.69, 9.17) is 5.73 Å². The number of hydrogen-bond acceptors (Lipinski definition) is 8. The summed E-state index contributed by atoms with van der Waals surface area (Å²) in [5.74, 6) is 0.785. The van der Waals surface area contributed by atoms with E-state index < -0.39 is 20.9 Å². The van der Waals surface area contributed by atoms with Crippen LogP contribution in [0.4, 0.5) is 11.4 Å². The first kappa shape index (κ1) is 24.4. The largest absolute Gasteiger partial charge is 0.772 e. The summed E-state index contributed by atoms with van der Waals surface area (Å²) in [4.78, 5) is 4.79. The van der Waals surface area contributed by atoms with Crippen molar-refractivity contribution in [2.45, 2.75) is 26.3 Å². The minimum atomic E-state index is -3.10. The Hall–Kier alpha value is -1.20. The van der Waals surface area contributed by atoms with E-state index in [1.165, 1.54) is 0 Å². The molecule has 0 spiro atoms. The minimum absolute atomic E-state index is 0.0520. The Bertz CT molecular complexity index is 861. The number of anilines is 2. The summed E-state index contributed by atoms with van der Waals surface area (Å²) in [7, 11) is -3.10. The molecule has 3 saturated heterocycles. The van der Waals surface area contributed by atoms with Crippen LogP contribution >= 0.6 is 0 Å². The Morgan fingerprint density at radius 2 is 1.90 bits per heavy atom. The van der Waals surface area contributed by atoms with Gasteiger partial charge in [0.2, 0.25) is 0 Å². The number of hydrogen-bond donors (Lipinski definition) is 2. The van der Waals surface area contributed by atoms with Crippen LogP contribution in [0, 0.1) is 11.3 Å². The third kappa shape index (κ3) is 6.64. The molecule has 176 valence electrons. The summed E-state index contributed by atoms with van der Waals surface area (Å²) in [5, 5.41) is 3.13. The van der Waals surface area contributed by atoms with E-state index in [-0.39, 0.29) is 29.2 Å². The molecule has 31 heavy (non-hydrogen) atoms. The lowest BCUT2D eigenvalue weighted by molar-refractivity contribution is 0.191. The zero-order valence-electron chi connectivity index (χ0n) is 18.5. The van der Waals surface area contributed by atoms with Crippen molar-refractivity contribution in [3.8, 4) is 0 Å². The van der Waals surface area contributed by atoms with Crippen LogP contribution in [0.3, 0.4) is 0 Å². The average Bonchev–Trinajstić information content (AvgIpc) is 2.93. The quantitative estimate of drug-likeness (QED) is 0.483. The van der Waals surface area contributed by atoms with Gasteiger partial charge in [0.1, 0.15) is 0 Å². The molecule has 0 amide bonds. The van der Waals surface area contributed by atoms with Gasteiger partial charge in [0.05, 0.1) is 11.5 Å². The normalized spacial score (nSPS) is 24.7. The van der Waals surface area contributed by atoms with Gasteiger partial charge >= 0.3 is 0 Å². The molecule has 0 aliphatic carbocycles. The molecule has 3 fully saturated rings. The molecule has 4 rings (SSSR count). The Morgan fingerprint density at radius 1 is 1.19 bits per heavy atom. The Kier molecular flexibility index (Phi) is 8.01. The molecule has 8 nitrogen and oxygen atoms in total. The number of piperidine rings is 1. The van der Waals surface area contributed by atoms with Gasteiger partial charge in [0.15, 0.2) is 9.84 Å². The van der Waals surface area contributed by atoms with Crippen LogP contribution in [0.15, 0.2) is 24.3 Å². The van der Waals surface area contributed by atoms with E-state index >= 15 is 0 Å². The first-order chi connectivity index (χ1) is 14.6. The zero-order valence-corrected chi connectivity index (χ0v) is 20.1. The number of fused-ring (bicyclic) bond motifs is 4.